The Bertz CT molecular complexity index is 536. The van der Waals surface area contributed by atoms with E-state index in [1.54, 1.807) is 0 Å². The summed E-state index contributed by atoms with van der Waals surface area (Å²) in [7, 11) is 0. The minimum atomic E-state index is 0.448. The molecule has 0 saturated heterocycles. The van der Waals surface area contributed by atoms with Crippen molar-refractivity contribution in [3.05, 3.63) is 29.6 Å². The van der Waals surface area contributed by atoms with Gasteiger partial charge in [-0.15, -0.1) is 11.6 Å². The average molecular weight is 281 g/mol. The summed E-state index contributed by atoms with van der Waals surface area (Å²) in [6, 6.07) is 6.27. The van der Waals surface area contributed by atoms with Gasteiger partial charge in [-0.3, -0.25) is 0 Å². The van der Waals surface area contributed by atoms with E-state index in [0.717, 1.165) is 43.9 Å². The second-order valence-electron chi connectivity index (χ2n) is 4.72. The second-order valence-corrected chi connectivity index (χ2v) is 4.99. The summed E-state index contributed by atoms with van der Waals surface area (Å²) in [4.78, 5) is 4.64. The summed E-state index contributed by atoms with van der Waals surface area (Å²) in [5, 5.41) is 0. The number of benzene rings is 1. The van der Waals surface area contributed by atoms with Crippen molar-refractivity contribution in [3.63, 3.8) is 0 Å². The molecule has 4 heteroatoms. The maximum absolute atomic E-state index is 6.00. The van der Waals surface area contributed by atoms with E-state index < -0.39 is 0 Å². The number of ether oxygens (including phenoxy) is 1. The van der Waals surface area contributed by atoms with Crippen molar-refractivity contribution in [1.82, 2.24) is 9.55 Å². The summed E-state index contributed by atoms with van der Waals surface area (Å²) < 4.78 is 7.74. The van der Waals surface area contributed by atoms with Gasteiger partial charge in [0.2, 0.25) is 0 Å². The number of nitrogens with zero attached hydrogens (tertiary/aromatic N) is 2. The van der Waals surface area contributed by atoms with Crippen molar-refractivity contribution in [1.29, 1.82) is 0 Å². The van der Waals surface area contributed by atoms with E-state index in [2.05, 4.69) is 41.6 Å². The van der Waals surface area contributed by atoms with Gasteiger partial charge in [-0.1, -0.05) is 19.1 Å². The van der Waals surface area contributed by atoms with Crippen molar-refractivity contribution in [2.75, 3.05) is 13.2 Å². The fraction of sp³-hybridized carbons (Fsp3) is 0.533. The number of aryl methyl sites for hydroxylation is 2. The van der Waals surface area contributed by atoms with Crippen molar-refractivity contribution >= 4 is 22.6 Å². The molecule has 19 heavy (non-hydrogen) atoms. The molecule has 104 valence electrons. The molecule has 0 aliphatic rings. The highest BCUT2D eigenvalue weighted by atomic mass is 35.5. The molecular formula is C15H21ClN2O. The van der Waals surface area contributed by atoms with E-state index in [0.29, 0.717) is 5.88 Å². The highest BCUT2D eigenvalue weighted by Gasteiger charge is 2.10. The van der Waals surface area contributed by atoms with Crippen LogP contribution in [0.4, 0.5) is 0 Å². The van der Waals surface area contributed by atoms with Gasteiger partial charge < -0.3 is 9.30 Å². The Labute approximate surface area is 119 Å². The molecule has 2 rings (SSSR count). The van der Waals surface area contributed by atoms with E-state index in [1.807, 2.05) is 0 Å². The van der Waals surface area contributed by atoms with Gasteiger partial charge in [0.25, 0.3) is 0 Å². The van der Waals surface area contributed by atoms with Crippen LogP contribution in [0.2, 0.25) is 0 Å². The van der Waals surface area contributed by atoms with Gasteiger partial charge in [0.15, 0.2) is 0 Å². The third-order valence-corrected chi connectivity index (χ3v) is 3.44. The van der Waals surface area contributed by atoms with Crippen molar-refractivity contribution in [2.45, 2.75) is 39.1 Å². The minimum Gasteiger partial charge on any atom is -0.381 e. The van der Waals surface area contributed by atoms with Gasteiger partial charge in [-0.2, -0.15) is 0 Å². The van der Waals surface area contributed by atoms with Crippen LogP contribution in [0.5, 0.6) is 0 Å². The van der Waals surface area contributed by atoms with E-state index in [1.165, 1.54) is 11.1 Å². The highest BCUT2D eigenvalue weighted by Crippen LogP contribution is 2.21. The van der Waals surface area contributed by atoms with E-state index in [-0.39, 0.29) is 0 Å². The van der Waals surface area contributed by atoms with Gasteiger partial charge in [0.05, 0.1) is 16.9 Å². The Hall–Kier alpha value is -1.06. The molecule has 0 N–H and O–H groups in total. The largest absolute Gasteiger partial charge is 0.381 e. The molecule has 0 bridgehead atoms. The zero-order valence-corrected chi connectivity index (χ0v) is 12.4. The summed E-state index contributed by atoms with van der Waals surface area (Å²) in [6.45, 7) is 6.75. The number of fused-ring (bicyclic) bond motifs is 1. The number of alkyl halides is 1. The summed E-state index contributed by atoms with van der Waals surface area (Å²) in [5.41, 5.74) is 3.43. The lowest BCUT2D eigenvalue weighted by Crippen LogP contribution is -2.06. The third-order valence-electron chi connectivity index (χ3n) is 3.20. The normalized spacial score (nSPS) is 11.3. The monoisotopic (exact) mass is 280 g/mol. The first-order valence-electron chi connectivity index (χ1n) is 6.86. The van der Waals surface area contributed by atoms with E-state index >= 15 is 0 Å². The van der Waals surface area contributed by atoms with Gasteiger partial charge in [-0.25, -0.2) is 4.98 Å². The standard InChI is InChI=1S/C15H21ClN2O/c1-3-9-19-10-5-8-18-13-7-4-6-12(2)15(13)17-14(18)11-16/h4,6-7H,3,5,8-11H2,1-2H3. The second kappa shape index (κ2) is 6.92. The molecule has 0 aliphatic carbocycles. The van der Waals surface area contributed by atoms with Crippen LogP contribution in [0.25, 0.3) is 11.0 Å². The molecule has 0 saturated carbocycles. The Morgan fingerprint density at radius 1 is 1.32 bits per heavy atom. The molecule has 0 spiro atoms. The van der Waals surface area contributed by atoms with Gasteiger partial charge in [-0.05, 0) is 31.4 Å². The Morgan fingerprint density at radius 2 is 2.16 bits per heavy atom. The quantitative estimate of drug-likeness (QED) is 0.568. The topological polar surface area (TPSA) is 27.1 Å². The zero-order valence-electron chi connectivity index (χ0n) is 11.7. The molecule has 1 heterocycles. The number of aromatic nitrogens is 2. The SMILES string of the molecule is CCCOCCCn1c(CCl)nc2c(C)cccc21. The summed E-state index contributed by atoms with van der Waals surface area (Å²) in [5.74, 6) is 1.39. The van der Waals surface area contributed by atoms with Crippen LogP contribution in [0.3, 0.4) is 0 Å². The lowest BCUT2D eigenvalue weighted by atomic mass is 10.2. The molecule has 3 nitrogen and oxygen atoms in total. The van der Waals surface area contributed by atoms with Gasteiger partial charge >= 0.3 is 0 Å². The molecule has 0 amide bonds. The Balaban J connectivity index is 2.14. The fourth-order valence-electron chi connectivity index (χ4n) is 2.26. The van der Waals surface area contributed by atoms with Crippen LogP contribution >= 0.6 is 11.6 Å². The number of rotatable bonds is 7. The molecule has 0 unspecified atom stereocenters. The van der Waals surface area contributed by atoms with Crippen LogP contribution in [-0.2, 0) is 17.2 Å². The van der Waals surface area contributed by atoms with Crippen LogP contribution in [0.1, 0.15) is 31.2 Å². The number of halogens is 1. The molecule has 0 radical (unpaired) electrons. The number of imidazole rings is 1. The molecule has 1 aromatic carbocycles. The highest BCUT2D eigenvalue weighted by molar-refractivity contribution is 6.16. The first-order chi connectivity index (χ1) is 9.27. The fourth-order valence-corrected chi connectivity index (χ4v) is 2.46. The van der Waals surface area contributed by atoms with Gasteiger partial charge in [0, 0.05) is 19.8 Å². The van der Waals surface area contributed by atoms with E-state index in [9.17, 15) is 0 Å². The average Bonchev–Trinajstić information content (AvgIpc) is 2.78. The van der Waals surface area contributed by atoms with Crippen LogP contribution in [-0.4, -0.2) is 22.8 Å². The summed E-state index contributed by atoms with van der Waals surface area (Å²) >= 11 is 6.00. The molecule has 0 atom stereocenters. The predicted molar refractivity (Wildman–Crippen MR) is 79.8 cm³/mol. The lowest BCUT2D eigenvalue weighted by Gasteiger charge is -2.08. The van der Waals surface area contributed by atoms with E-state index in [4.69, 9.17) is 16.3 Å². The Morgan fingerprint density at radius 3 is 2.89 bits per heavy atom. The molecule has 0 fully saturated rings. The Kier molecular flexibility index (Phi) is 5.23. The van der Waals surface area contributed by atoms with Crippen molar-refractivity contribution in [2.24, 2.45) is 0 Å². The van der Waals surface area contributed by atoms with Crippen LogP contribution < -0.4 is 0 Å². The number of para-hydroxylation sites is 1. The van der Waals surface area contributed by atoms with Crippen LogP contribution in [0.15, 0.2) is 18.2 Å². The lowest BCUT2D eigenvalue weighted by molar-refractivity contribution is 0.129. The van der Waals surface area contributed by atoms with Crippen molar-refractivity contribution < 1.29 is 4.74 Å². The number of hydrogen-bond acceptors (Lipinski definition) is 2. The molecular weight excluding hydrogens is 260 g/mol. The van der Waals surface area contributed by atoms with Crippen molar-refractivity contribution in [3.8, 4) is 0 Å². The third kappa shape index (κ3) is 3.28. The molecule has 1 aromatic heterocycles. The number of hydrogen-bond donors (Lipinski definition) is 0. The predicted octanol–water partition coefficient (Wildman–Crippen LogP) is 3.90. The summed E-state index contributed by atoms with van der Waals surface area (Å²) in [6.07, 6.45) is 2.06. The molecule has 0 aliphatic heterocycles. The maximum atomic E-state index is 6.00. The van der Waals surface area contributed by atoms with Crippen LogP contribution in [0, 0.1) is 6.92 Å². The first kappa shape index (κ1) is 14.4. The zero-order chi connectivity index (χ0) is 13.7. The smallest absolute Gasteiger partial charge is 0.124 e. The molecule has 2 aromatic rings. The minimum absolute atomic E-state index is 0.448. The maximum Gasteiger partial charge on any atom is 0.124 e. The first-order valence-corrected chi connectivity index (χ1v) is 7.39. The van der Waals surface area contributed by atoms with Gasteiger partial charge in [0.1, 0.15) is 5.82 Å².